The molecule has 3 rings (SSSR count). The van der Waals surface area contributed by atoms with Crippen molar-refractivity contribution < 1.29 is 0 Å². The summed E-state index contributed by atoms with van der Waals surface area (Å²) in [6, 6.07) is 2.37. The molecule has 0 amide bonds. The maximum atomic E-state index is 4.18. The van der Waals surface area contributed by atoms with Crippen LogP contribution in [0.1, 0.15) is 37.5 Å². The Morgan fingerprint density at radius 1 is 1.41 bits per heavy atom. The summed E-state index contributed by atoms with van der Waals surface area (Å²) < 4.78 is 0. The van der Waals surface area contributed by atoms with Gasteiger partial charge < -0.3 is 5.32 Å². The number of hydrogen-bond acceptors (Lipinski definition) is 4. The molecule has 1 N–H and O–H groups in total. The molecular formula is C13H21N3S. The zero-order valence-corrected chi connectivity index (χ0v) is 11.2. The number of nitrogens with zero attached hydrogens (tertiary/aromatic N) is 2. The van der Waals surface area contributed by atoms with Gasteiger partial charge in [0.05, 0.1) is 5.51 Å². The first-order valence-corrected chi connectivity index (χ1v) is 7.61. The summed E-state index contributed by atoms with van der Waals surface area (Å²) in [6.07, 6.45) is 7.49. The molecule has 0 radical (unpaired) electrons. The van der Waals surface area contributed by atoms with E-state index in [1.165, 1.54) is 30.6 Å². The third-order valence-electron chi connectivity index (χ3n) is 4.20. The van der Waals surface area contributed by atoms with Crippen molar-refractivity contribution in [3.63, 3.8) is 0 Å². The molecule has 1 aromatic rings. The Bertz CT molecular complexity index is 338. The van der Waals surface area contributed by atoms with Crippen LogP contribution in [0.5, 0.6) is 0 Å². The van der Waals surface area contributed by atoms with Crippen molar-refractivity contribution in [1.82, 2.24) is 15.2 Å². The van der Waals surface area contributed by atoms with Gasteiger partial charge in [-0.2, -0.15) is 0 Å². The number of aromatic nitrogens is 1. The lowest BCUT2D eigenvalue weighted by Gasteiger charge is -2.39. The average Bonchev–Trinajstić information content (AvgIpc) is 2.89. The fourth-order valence-corrected chi connectivity index (χ4v) is 4.09. The summed E-state index contributed by atoms with van der Waals surface area (Å²) in [4.78, 5) is 8.33. The predicted molar refractivity (Wildman–Crippen MR) is 71.2 cm³/mol. The van der Waals surface area contributed by atoms with Crippen LogP contribution in [0, 0.1) is 0 Å². The molecule has 94 valence electrons. The molecule has 3 nitrogen and oxygen atoms in total. The molecule has 2 fully saturated rings. The van der Waals surface area contributed by atoms with E-state index in [9.17, 15) is 0 Å². The number of piperidine rings is 1. The van der Waals surface area contributed by atoms with E-state index in [1.54, 1.807) is 11.3 Å². The summed E-state index contributed by atoms with van der Waals surface area (Å²) in [7, 11) is 0. The quantitative estimate of drug-likeness (QED) is 0.889. The van der Waals surface area contributed by atoms with Gasteiger partial charge in [0.15, 0.2) is 0 Å². The summed E-state index contributed by atoms with van der Waals surface area (Å²) in [5.41, 5.74) is 1.95. The maximum absolute atomic E-state index is 4.18. The third-order valence-corrected chi connectivity index (χ3v) is 4.96. The van der Waals surface area contributed by atoms with Crippen LogP contribution >= 0.6 is 11.3 Å². The smallest absolute Gasteiger partial charge is 0.0794 e. The summed E-state index contributed by atoms with van der Waals surface area (Å²) in [6.45, 7) is 4.45. The van der Waals surface area contributed by atoms with Crippen LogP contribution in [0.15, 0.2) is 11.7 Å². The lowest BCUT2D eigenvalue weighted by molar-refractivity contribution is 0.111. The van der Waals surface area contributed by atoms with E-state index in [0.717, 1.165) is 31.2 Å². The Kier molecular flexibility index (Phi) is 3.45. The molecule has 2 atom stereocenters. The van der Waals surface area contributed by atoms with Gasteiger partial charge in [-0.3, -0.25) is 9.88 Å². The lowest BCUT2D eigenvalue weighted by Crippen LogP contribution is -2.48. The van der Waals surface area contributed by atoms with Gasteiger partial charge in [-0.25, -0.2) is 0 Å². The molecule has 3 heterocycles. The van der Waals surface area contributed by atoms with Gasteiger partial charge in [-0.05, 0) is 32.2 Å². The van der Waals surface area contributed by atoms with Gasteiger partial charge in [-0.15, -0.1) is 11.3 Å². The number of thiazole rings is 1. The van der Waals surface area contributed by atoms with Gasteiger partial charge in [-0.1, -0.05) is 6.92 Å². The van der Waals surface area contributed by atoms with E-state index in [2.05, 4.69) is 22.1 Å². The van der Waals surface area contributed by atoms with Gasteiger partial charge in [0.1, 0.15) is 0 Å². The van der Waals surface area contributed by atoms with Crippen LogP contribution in [0.4, 0.5) is 0 Å². The Balaban J connectivity index is 1.64. The van der Waals surface area contributed by atoms with Crippen molar-refractivity contribution in [2.24, 2.45) is 0 Å². The van der Waals surface area contributed by atoms with Gasteiger partial charge >= 0.3 is 0 Å². The molecule has 2 unspecified atom stereocenters. The highest BCUT2D eigenvalue weighted by atomic mass is 32.1. The van der Waals surface area contributed by atoms with E-state index in [4.69, 9.17) is 0 Å². The molecular weight excluding hydrogens is 230 g/mol. The number of hydrogen-bond donors (Lipinski definition) is 1. The highest BCUT2D eigenvalue weighted by molar-refractivity contribution is 7.09. The molecule has 1 aromatic heterocycles. The van der Waals surface area contributed by atoms with Crippen molar-refractivity contribution in [3.8, 4) is 0 Å². The fourth-order valence-electron chi connectivity index (χ4n) is 3.49. The summed E-state index contributed by atoms with van der Waals surface area (Å²) in [5, 5.41) is 3.63. The second-order valence-corrected chi connectivity index (χ2v) is 6.22. The standard InChI is InChI=1S/C13H21N3S/c1-2-15-10-5-11-3-4-12(6-10)16(11)8-13-7-14-9-17-13/h7,9-12,15H,2-6,8H2,1H3. The monoisotopic (exact) mass is 251 g/mol. The first-order chi connectivity index (χ1) is 8.36. The van der Waals surface area contributed by atoms with Crippen molar-refractivity contribution in [3.05, 3.63) is 16.6 Å². The Morgan fingerprint density at radius 3 is 2.76 bits per heavy atom. The minimum absolute atomic E-state index is 0.759. The summed E-state index contributed by atoms with van der Waals surface area (Å²) in [5.74, 6) is 0. The van der Waals surface area contributed by atoms with Crippen LogP contribution in [-0.4, -0.2) is 34.6 Å². The highest BCUT2D eigenvalue weighted by Crippen LogP contribution is 2.37. The van der Waals surface area contributed by atoms with E-state index in [1.807, 2.05) is 11.7 Å². The molecule has 2 aliphatic rings. The second-order valence-electron chi connectivity index (χ2n) is 5.25. The minimum Gasteiger partial charge on any atom is -0.314 e. The van der Waals surface area contributed by atoms with E-state index < -0.39 is 0 Å². The van der Waals surface area contributed by atoms with Crippen LogP contribution in [0.2, 0.25) is 0 Å². The topological polar surface area (TPSA) is 28.2 Å². The number of rotatable bonds is 4. The highest BCUT2D eigenvalue weighted by Gasteiger charge is 2.40. The first-order valence-electron chi connectivity index (χ1n) is 6.73. The van der Waals surface area contributed by atoms with Crippen molar-refractivity contribution >= 4 is 11.3 Å². The molecule has 2 saturated heterocycles. The minimum atomic E-state index is 0.759. The first kappa shape index (κ1) is 11.6. The Morgan fingerprint density at radius 2 is 2.18 bits per heavy atom. The number of fused-ring (bicyclic) bond motifs is 2. The second kappa shape index (κ2) is 5.04. The van der Waals surface area contributed by atoms with Gasteiger partial charge in [0, 0.05) is 35.7 Å². The molecule has 0 saturated carbocycles. The molecule has 0 spiro atoms. The summed E-state index contributed by atoms with van der Waals surface area (Å²) >= 11 is 1.79. The number of nitrogens with one attached hydrogen (secondary N) is 1. The van der Waals surface area contributed by atoms with Crippen molar-refractivity contribution in [2.75, 3.05) is 6.54 Å². The van der Waals surface area contributed by atoms with Gasteiger partial charge in [0.25, 0.3) is 0 Å². The van der Waals surface area contributed by atoms with Crippen LogP contribution in [-0.2, 0) is 6.54 Å². The Hall–Kier alpha value is -0.450. The molecule has 0 aliphatic carbocycles. The average molecular weight is 251 g/mol. The zero-order valence-electron chi connectivity index (χ0n) is 10.4. The lowest BCUT2D eigenvalue weighted by atomic mass is 9.97. The SMILES string of the molecule is CCNC1CC2CCC(C1)N2Cc1cncs1. The van der Waals surface area contributed by atoms with Crippen LogP contribution < -0.4 is 5.32 Å². The molecule has 2 aliphatic heterocycles. The van der Waals surface area contributed by atoms with E-state index >= 15 is 0 Å². The predicted octanol–water partition coefficient (Wildman–Crippen LogP) is 2.25. The fraction of sp³-hybridized carbons (Fsp3) is 0.769. The van der Waals surface area contributed by atoms with Crippen molar-refractivity contribution in [2.45, 2.75) is 57.3 Å². The van der Waals surface area contributed by atoms with Crippen LogP contribution in [0.25, 0.3) is 0 Å². The molecule has 0 aromatic carbocycles. The largest absolute Gasteiger partial charge is 0.314 e. The molecule has 4 heteroatoms. The Labute approximate surface area is 107 Å². The molecule has 17 heavy (non-hydrogen) atoms. The van der Waals surface area contributed by atoms with Crippen LogP contribution in [0.3, 0.4) is 0 Å². The van der Waals surface area contributed by atoms with E-state index in [0.29, 0.717) is 0 Å². The normalized spacial score (nSPS) is 33.1. The third kappa shape index (κ3) is 2.39. The maximum Gasteiger partial charge on any atom is 0.0794 e. The molecule has 2 bridgehead atoms. The van der Waals surface area contributed by atoms with Gasteiger partial charge in [0.2, 0.25) is 0 Å². The van der Waals surface area contributed by atoms with Crippen molar-refractivity contribution in [1.29, 1.82) is 0 Å². The van der Waals surface area contributed by atoms with E-state index in [-0.39, 0.29) is 0 Å². The zero-order chi connectivity index (χ0) is 11.7.